The Bertz CT molecular complexity index is 1130. The van der Waals surface area contributed by atoms with Crippen LogP contribution in [0.15, 0.2) is 47.4 Å². The first-order valence-electron chi connectivity index (χ1n) is 10.3. The predicted octanol–water partition coefficient (Wildman–Crippen LogP) is 2.47. The van der Waals surface area contributed by atoms with Crippen molar-refractivity contribution in [1.29, 1.82) is 0 Å². The Hall–Kier alpha value is -3.46. The summed E-state index contributed by atoms with van der Waals surface area (Å²) in [6.07, 6.45) is 4.39. The second kappa shape index (κ2) is 8.73. The van der Waals surface area contributed by atoms with E-state index in [-0.39, 0.29) is 12.1 Å². The van der Waals surface area contributed by atoms with Crippen LogP contribution in [0.5, 0.6) is 0 Å². The van der Waals surface area contributed by atoms with Gasteiger partial charge in [-0.25, -0.2) is 14.5 Å². The van der Waals surface area contributed by atoms with Crippen LogP contribution >= 0.6 is 0 Å². The van der Waals surface area contributed by atoms with Gasteiger partial charge in [-0.2, -0.15) is 5.10 Å². The predicted molar refractivity (Wildman–Crippen MR) is 122 cm³/mol. The van der Waals surface area contributed by atoms with Crippen LogP contribution in [0, 0.1) is 13.8 Å². The van der Waals surface area contributed by atoms with Crippen LogP contribution in [0.1, 0.15) is 30.4 Å². The van der Waals surface area contributed by atoms with Gasteiger partial charge < -0.3 is 21.1 Å². The Balaban J connectivity index is 1.58. The summed E-state index contributed by atoms with van der Waals surface area (Å²) in [6, 6.07) is 8.08. The molecule has 9 heteroatoms. The molecule has 162 valence electrons. The van der Waals surface area contributed by atoms with Crippen molar-refractivity contribution in [2.24, 2.45) is 10.7 Å². The van der Waals surface area contributed by atoms with Crippen molar-refractivity contribution < 1.29 is 4.74 Å². The van der Waals surface area contributed by atoms with Gasteiger partial charge in [0.2, 0.25) is 0 Å². The largest absolute Gasteiger partial charge is 0.485 e. The summed E-state index contributed by atoms with van der Waals surface area (Å²) < 4.78 is 7.99. The van der Waals surface area contributed by atoms with E-state index in [1.54, 1.807) is 11.6 Å². The lowest BCUT2D eigenvalue weighted by molar-refractivity contribution is 0.122. The number of fused-ring (bicyclic) bond motifs is 1. The monoisotopic (exact) mass is 420 g/mol. The third-order valence-corrected chi connectivity index (χ3v) is 5.30. The molecule has 4 N–H and O–H groups in total. The van der Waals surface area contributed by atoms with E-state index >= 15 is 0 Å². The van der Waals surface area contributed by atoms with E-state index in [1.165, 1.54) is 6.20 Å². The van der Waals surface area contributed by atoms with E-state index in [1.807, 2.05) is 44.3 Å². The number of pyridine rings is 1. The lowest BCUT2D eigenvalue weighted by Gasteiger charge is -2.20. The molecule has 3 aromatic heterocycles. The first-order chi connectivity index (χ1) is 15.0. The fourth-order valence-electron chi connectivity index (χ4n) is 3.83. The zero-order valence-electron chi connectivity index (χ0n) is 18.3. The second-order valence-corrected chi connectivity index (χ2v) is 7.67. The Morgan fingerprint density at radius 1 is 1.29 bits per heavy atom. The molecule has 3 aromatic rings. The first kappa shape index (κ1) is 20.8. The zero-order chi connectivity index (χ0) is 22.0. The molecular formula is C22H28N8O. The summed E-state index contributed by atoms with van der Waals surface area (Å²) >= 11 is 0. The number of nitrogens with zero attached hydrogens (tertiary/aromatic N) is 5. The van der Waals surface area contributed by atoms with Crippen molar-refractivity contribution in [2.45, 2.75) is 39.3 Å². The summed E-state index contributed by atoms with van der Waals surface area (Å²) in [5.41, 5.74) is 9.34. The highest BCUT2D eigenvalue weighted by Crippen LogP contribution is 2.21. The zero-order valence-corrected chi connectivity index (χ0v) is 18.3. The number of hydrogen-bond donors (Lipinski definition) is 3. The van der Waals surface area contributed by atoms with Gasteiger partial charge in [-0.3, -0.25) is 4.99 Å². The van der Waals surface area contributed by atoms with Gasteiger partial charge in [0, 0.05) is 48.9 Å². The molecule has 0 spiro atoms. The van der Waals surface area contributed by atoms with Crippen molar-refractivity contribution in [2.75, 3.05) is 18.9 Å². The smallest absolute Gasteiger partial charge is 0.160 e. The molecule has 1 aliphatic rings. The number of hydrogen-bond acceptors (Lipinski definition) is 8. The van der Waals surface area contributed by atoms with E-state index in [9.17, 15) is 0 Å². The number of allylic oxidation sites excluding steroid dienone is 1. The SMILES string of the molecule is CN=C(/C(=C\N)O[C@@H]1CCN[C@H]1C)c1ccn2nc(Nc3cc(C)nc(C)n3)cc2c1. The molecule has 0 aromatic carbocycles. The number of nitrogens with one attached hydrogen (secondary N) is 2. The summed E-state index contributed by atoms with van der Waals surface area (Å²) in [6.45, 7) is 6.86. The minimum Gasteiger partial charge on any atom is -0.485 e. The minimum atomic E-state index is 0.0702. The molecule has 4 rings (SSSR count). The molecule has 1 aliphatic heterocycles. The molecular weight excluding hydrogens is 392 g/mol. The van der Waals surface area contributed by atoms with E-state index in [4.69, 9.17) is 10.5 Å². The Morgan fingerprint density at radius 2 is 2.13 bits per heavy atom. The van der Waals surface area contributed by atoms with Crippen LogP contribution < -0.4 is 16.4 Å². The van der Waals surface area contributed by atoms with Crippen LogP contribution in [-0.4, -0.2) is 51.0 Å². The lowest BCUT2D eigenvalue weighted by atomic mass is 10.1. The van der Waals surface area contributed by atoms with Gasteiger partial charge in [0.25, 0.3) is 0 Å². The van der Waals surface area contributed by atoms with Gasteiger partial charge in [0.15, 0.2) is 11.6 Å². The van der Waals surface area contributed by atoms with Crippen LogP contribution in [0.25, 0.3) is 5.52 Å². The molecule has 0 amide bonds. The maximum atomic E-state index is 6.19. The number of anilines is 2. The number of rotatable bonds is 6. The second-order valence-electron chi connectivity index (χ2n) is 7.67. The summed E-state index contributed by atoms with van der Waals surface area (Å²) in [5.74, 6) is 2.70. The van der Waals surface area contributed by atoms with Crippen molar-refractivity contribution in [3.8, 4) is 0 Å². The van der Waals surface area contributed by atoms with Gasteiger partial charge in [-0.1, -0.05) is 0 Å². The Kier molecular flexibility index (Phi) is 5.85. The standard InChI is InChI=1S/C22H28N8O/c1-13-9-20(27-15(3)26-13)28-21-11-17-10-16(6-8-30(17)29-21)22(24-4)19(12-23)31-18-5-7-25-14(18)2/h6,8-12,14,18,25H,5,7,23H2,1-4H3,(H,26,27,28,29)/b19-12+,24-22?/t14-,18+/m0/s1. The van der Waals surface area contributed by atoms with Crippen molar-refractivity contribution >= 4 is 22.9 Å². The lowest BCUT2D eigenvalue weighted by Crippen LogP contribution is -2.30. The minimum absolute atomic E-state index is 0.0702. The maximum absolute atomic E-state index is 6.19. The third-order valence-electron chi connectivity index (χ3n) is 5.30. The van der Waals surface area contributed by atoms with Gasteiger partial charge in [-0.15, -0.1) is 0 Å². The molecule has 0 unspecified atom stereocenters. The number of ether oxygens (including phenoxy) is 1. The number of aryl methyl sites for hydroxylation is 2. The molecule has 0 aliphatic carbocycles. The summed E-state index contributed by atoms with van der Waals surface area (Å²) in [4.78, 5) is 13.2. The highest BCUT2D eigenvalue weighted by atomic mass is 16.5. The van der Waals surface area contributed by atoms with E-state index in [2.05, 4.69) is 37.6 Å². The van der Waals surface area contributed by atoms with Gasteiger partial charge >= 0.3 is 0 Å². The van der Waals surface area contributed by atoms with Crippen LogP contribution in [-0.2, 0) is 4.74 Å². The average molecular weight is 421 g/mol. The van der Waals surface area contributed by atoms with Crippen LogP contribution in [0.4, 0.5) is 11.6 Å². The van der Waals surface area contributed by atoms with E-state index in [0.717, 1.165) is 29.7 Å². The van der Waals surface area contributed by atoms with Crippen molar-refractivity contribution in [1.82, 2.24) is 24.9 Å². The van der Waals surface area contributed by atoms with Gasteiger partial charge in [-0.05, 0) is 45.9 Å². The average Bonchev–Trinajstić information content (AvgIpc) is 3.31. The quantitative estimate of drug-likeness (QED) is 0.414. The van der Waals surface area contributed by atoms with Crippen molar-refractivity contribution in [3.05, 3.63) is 59.5 Å². The van der Waals surface area contributed by atoms with Crippen LogP contribution in [0.2, 0.25) is 0 Å². The molecule has 0 radical (unpaired) electrons. The maximum Gasteiger partial charge on any atom is 0.160 e. The normalized spacial score (nSPS) is 19.7. The number of nitrogens with two attached hydrogens (primary N) is 1. The van der Waals surface area contributed by atoms with Crippen molar-refractivity contribution in [3.63, 3.8) is 0 Å². The summed E-state index contributed by atoms with van der Waals surface area (Å²) in [5, 5.41) is 11.2. The molecule has 2 atom stereocenters. The number of aromatic nitrogens is 4. The Morgan fingerprint density at radius 3 is 2.81 bits per heavy atom. The molecule has 1 fully saturated rings. The molecule has 1 saturated heterocycles. The fraction of sp³-hybridized carbons (Fsp3) is 0.364. The highest BCUT2D eigenvalue weighted by Gasteiger charge is 2.26. The van der Waals surface area contributed by atoms with E-state index < -0.39 is 0 Å². The molecule has 4 heterocycles. The van der Waals surface area contributed by atoms with Crippen LogP contribution in [0.3, 0.4) is 0 Å². The molecule has 9 nitrogen and oxygen atoms in total. The first-order valence-corrected chi connectivity index (χ1v) is 10.3. The summed E-state index contributed by atoms with van der Waals surface area (Å²) in [7, 11) is 1.74. The van der Waals surface area contributed by atoms with E-state index in [0.29, 0.717) is 28.9 Å². The molecule has 31 heavy (non-hydrogen) atoms. The van der Waals surface area contributed by atoms with Gasteiger partial charge in [0.1, 0.15) is 23.5 Å². The third kappa shape index (κ3) is 4.51. The van der Waals surface area contributed by atoms with Gasteiger partial charge in [0.05, 0.1) is 5.52 Å². The Labute approximate surface area is 181 Å². The highest BCUT2D eigenvalue weighted by molar-refractivity contribution is 6.11. The molecule has 0 saturated carbocycles. The number of aliphatic imine (C=N–C) groups is 1. The molecule has 0 bridgehead atoms. The topological polar surface area (TPSA) is 115 Å². The fourth-order valence-corrected chi connectivity index (χ4v) is 3.83.